The van der Waals surface area contributed by atoms with Gasteiger partial charge in [-0.15, -0.1) is 0 Å². The number of piperidine rings is 1. The van der Waals surface area contributed by atoms with Crippen molar-refractivity contribution in [3.05, 3.63) is 41.8 Å². The number of hydrogen-bond donors (Lipinski definition) is 2. The van der Waals surface area contributed by atoms with Crippen molar-refractivity contribution in [3.8, 4) is 5.75 Å². The van der Waals surface area contributed by atoms with E-state index in [1.54, 1.807) is 18.2 Å². The lowest BCUT2D eigenvalue weighted by atomic mass is 9.78. The van der Waals surface area contributed by atoms with Gasteiger partial charge in [-0.1, -0.05) is 12.1 Å². The smallest absolute Gasteiger partial charge is 0.222 e. The van der Waals surface area contributed by atoms with Crippen molar-refractivity contribution >= 4 is 11.8 Å². The molecule has 0 amide bonds. The average molecular weight is 357 g/mol. The van der Waals surface area contributed by atoms with Crippen molar-refractivity contribution in [1.29, 1.82) is 0 Å². The third-order valence-electron chi connectivity index (χ3n) is 5.24. The Balaban J connectivity index is 1.39. The minimum atomic E-state index is -0.318. The maximum atomic E-state index is 13.7. The Morgan fingerprint density at radius 2 is 1.85 bits per heavy atom. The van der Waals surface area contributed by atoms with Gasteiger partial charge in [0.2, 0.25) is 5.95 Å². The van der Waals surface area contributed by atoms with Gasteiger partial charge in [-0.2, -0.15) is 4.98 Å². The molecule has 1 aliphatic carbocycles. The second kappa shape index (κ2) is 7.07. The number of nitrogens with zero attached hydrogens (tertiary/aromatic N) is 3. The maximum absolute atomic E-state index is 13.7. The third kappa shape index (κ3) is 3.58. The Kier molecular flexibility index (Phi) is 4.63. The van der Waals surface area contributed by atoms with Gasteiger partial charge in [-0.25, -0.2) is 9.37 Å². The highest BCUT2D eigenvalue weighted by Crippen LogP contribution is 2.36. The van der Waals surface area contributed by atoms with E-state index in [1.165, 1.54) is 6.07 Å². The normalized spacial score (nSPS) is 23.5. The van der Waals surface area contributed by atoms with Crippen LogP contribution in [0.4, 0.5) is 16.2 Å². The Labute approximate surface area is 152 Å². The van der Waals surface area contributed by atoms with Gasteiger partial charge in [-0.3, -0.25) is 0 Å². The van der Waals surface area contributed by atoms with Crippen molar-refractivity contribution in [2.24, 2.45) is 5.73 Å². The number of nitrogen functional groups attached to an aromatic ring is 1. The molecule has 7 heteroatoms. The van der Waals surface area contributed by atoms with Crippen LogP contribution < -0.4 is 21.1 Å². The number of nitrogens with two attached hydrogens (primary N) is 2. The molecule has 0 radical (unpaired) electrons. The van der Waals surface area contributed by atoms with Crippen molar-refractivity contribution in [2.45, 2.75) is 43.7 Å². The van der Waals surface area contributed by atoms with Crippen LogP contribution in [0, 0.1) is 5.82 Å². The summed E-state index contributed by atoms with van der Waals surface area (Å²) in [6.45, 7) is 1.58. The lowest BCUT2D eigenvalue weighted by Crippen LogP contribution is -2.39. The number of halogens is 1. The van der Waals surface area contributed by atoms with Crippen LogP contribution in [0.1, 0.15) is 37.3 Å². The lowest BCUT2D eigenvalue weighted by Gasteiger charge is -2.35. The molecule has 6 nitrogen and oxygen atoms in total. The Hall–Kier alpha value is -2.41. The first-order valence-corrected chi connectivity index (χ1v) is 9.14. The molecule has 0 spiro atoms. The van der Waals surface area contributed by atoms with Gasteiger partial charge < -0.3 is 21.1 Å². The summed E-state index contributed by atoms with van der Waals surface area (Å²) >= 11 is 0. The maximum Gasteiger partial charge on any atom is 0.222 e. The Bertz CT molecular complexity index is 772. The van der Waals surface area contributed by atoms with Crippen LogP contribution in [0.5, 0.6) is 5.75 Å². The highest BCUT2D eigenvalue weighted by atomic mass is 19.1. The van der Waals surface area contributed by atoms with Gasteiger partial charge in [0.1, 0.15) is 11.9 Å². The van der Waals surface area contributed by atoms with Crippen LogP contribution in [-0.4, -0.2) is 35.2 Å². The average Bonchev–Trinajstić information content (AvgIpc) is 2.61. The second-order valence-corrected chi connectivity index (χ2v) is 7.17. The highest BCUT2D eigenvalue weighted by Gasteiger charge is 2.30. The van der Waals surface area contributed by atoms with E-state index in [4.69, 9.17) is 16.2 Å². The predicted molar refractivity (Wildman–Crippen MR) is 98.7 cm³/mol. The van der Waals surface area contributed by atoms with Crippen molar-refractivity contribution in [1.82, 2.24) is 9.97 Å². The first-order chi connectivity index (χ1) is 12.6. The van der Waals surface area contributed by atoms with Gasteiger partial charge in [0.05, 0.1) is 5.69 Å². The predicted octanol–water partition coefficient (Wildman–Crippen LogP) is 2.45. The van der Waals surface area contributed by atoms with Crippen LogP contribution in [0.25, 0.3) is 0 Å². The molecule has 2 aliphatic rings. The van der Waals surface area contributed by atoms with Crippen LogP contribution in [0.3, 0.4) is 0 Å². The molecule has 0 atom stereocenters. The summed E-state index contributed by atoms with van der Waals surface area (Å²) in [5.41, 5.74) is 12.8. The van der Waals surface area contributed by atoms with E-state index in [0.717, 1.165) is 50.3 Å². The second-order valence-electron chi connectivity index (χ2n) is 7.17. The van der Waals surface area contributed by atoms with Crippen LogP contribution in [-0.2, 0) is 0 Å². The largest absolute Gasteiger partial charge is 0.487 e. The molecule has 0 unspecified atom stereocenters. The number of hydrogen-bond acceptors (Lipinski definition) is 6. The summed E-state index contributed by atoms with van der Waals surface area (Å²) in [5.74, 6) is 1.55. The molecule has 2 heterocycles. The van der Waals surface area contributed by atoms with E-state index >= 15 is 0 Å². The van der Waals surface area contributed by atoms with Crippen molar-refractivity contribution < 1.29 is 9.13 Å². The van der Waals surface area contributed by atoms with Gasteiger partial charge in [0.25, 0.3) is 0 Å². The zero-order valence-electron chi connectivity index (χ0n) is 14.6. The molecule has 4 N–H and O–H groups in total. The fourth-order valence-corrected chi connectivity index (χ4v) is 3.67. The summed E-state index contributed by atoms with van der Waals surface area (Å²) in [7, 11) is 0. The quantitative estimate of drug-likeness (QED) is 0.873. The summed E-state index contributed by atoms with van der Waals surface area (Å²) in [6, 6.07) is 8.84. The number of aromatic nitrogens is 2. The van der Waals surface area contributed by atoms with Crippen LogP contribution in [0.15, 0.2) is 30.3 Å². The molecule has 26 heavy (non-hydrogen) atoms. The molecular weight excluding hydrogens is 333 g/mol. The molecule has 1 saturated carbocycles. The van der Waals surface area contributed by atoms with Crippen LogP contribution in [0.2, 0.25) is 0 Å². The fourth-order valence-electron chi connectivity index (χ4n) is 3.67. The first-order valence-electron chi connectivity index (χ1n) is 9.14. The van der Waals surface area contributed by atoms with E-state index in [0.29, 0.717) is 17.6 Å². The topological polar surface area (TPSA) is 90.3 Å². The summed E-state index contributed by atoms with van der Waals surface area (Å²) in [6.07, 6.45) is 3.53. The summed E-state index contributed by atoms with van der Waals surface area (Å²) in [5, 5.41) is 0. The van der Waals surface area contributed by atoms with Crippen LogP contribution >= 0.6 is 0 Å². The van der Waals surface area contributed by atoms with Crippen molar-refractivity contribution in [2.75, 3.05) is 23.7 Å². The number of rotatable bonds is 4. The number of para-hydroxylation sites is 1. The molecule has 138 valence electrons. The Morgan fingerprint density at radius 1 is 1.12 bits per heavy atom. The molecule has 1 aliphatic heterocycles. The number of ether oxygens (including phenoxy) is 1. The number of anilines is 2. The number of benzene rings is 1. The lowest BCUT2D eigenvalue weighted by molar-refractivity contribution is 0.163. The molecule has 2 fully saturated rings. The molecule has 4 rings (SSSR count). The molecular formula is C19H24FN5O. The van der Waals surface area contributed by atoms with E-state index in [-0.39, 0.29) is 18.0 Å². The minimum Gasteiger partial charge on any atom is -0.487 e. The van der Waals surface area contributed by atoms with E-state index in [1.807, 2.05) is 6.07 Å². The van der Waals surface area contributed by atoms with Gasteiger partial charge >= 0.3 is 0 Å². The molecule has 2 aromatic rings. The minimum absolute atomic E-state index is 0.00596. The highest BCUT2D eigenvalue weighted by molar-refractivity contribution is 5.45. The molecule has 1 aromatic carbocycles. The molecule has 0 bridgehead atoms. The van der Waals surface area contributed by atoms with Gasteiger partial charge in [0, 0.05) is 44.0 Å². The molecule has 1 saturated heterocycles. The zero-order valence-corrected chi connectivity index (χ0v) is 14.6. The Morgan fingerprint density at radius 3 is 2.54 bits per heavy atom. The van der Waals surface area contributed by atoms with Gasteiger partial charge in [0.15, 0.2) is 11.6 Å². The van der Waals surface area contributed by atoms with E-state index in [9.17, 15) is 4.39 Å². The van der Waals surface area contributed by atoms with Gasteiger partial charge in [-0.05, 0) is 25.0 Å². The molecule has 1 aromatic heterocycles. The SMILES string of the molecule is Nc1nc(C2CC(N)C2)cc(N2CCC(Oc3ccccc3F)CC2)n1. The zero-order chi connectivity index (χ0) is 18.1. The fraction of sp³-hybridized carbons (Fsp3) is 0.474. The van der Waals surface area contributed by atoms with Crippen molar-refractivity contribution in [3.63, 3.8) is 0 Å². The first kappa shape index (κ1) is 17.0. The monoisotopic (exact) mass is 357 g/mol. The summed E-state index contributed by atoms with van der Waals surface area (Å²) in [4.78, 5) is 11.0. The summed E-state index contributed by atoms with van der Waals surface area (Å²) < 4.78 is 19.6. The standard InChI is InChI=1S/C19H24FN5O/c20-15-3-1-2-4-17(15)26-14-5-7-25(8-6-14)18-11-16(23-19(22)24-18)12-9-13(21)10-12/h1-4,11-14H,5-10,21H2,(H2,22,23,24). The van der Waals surface area contributed by atoms with E-state index < -0.39 is 0 Å². The third-order valence-corrected chi connectivity index (χ3v) is 5.24. The van der Waals surface area contributed by atoms with E-state index in [2.05, 4.69) is 14.9 Å².